The van der Waals surface area contributed by atoms with Gasteiger partial charge in [0.25, 0.3) is 0 Å². The average Bonchev–Trinajstić information content (AvgIpc) is 2.77. The van der Waals surface area contributed by atoms with Gasteiger partial charge in [0.1, 0.15) is 58.9 Å². The molecule has 4 rings (SSSR count). The van der Waals surface area contributed by atoms with E-state index in [1.54, 1.807) is 0 Å². The SMILES string of the molecule is O=c1cc(-c2ccc(O)cc2)oc2c(C3OC(CO)[C@@H](O)C(O)C3OS(=O)(=O)O)c(O)cc(O)c12. The summed E-state index contributed by atoms with van der Waals surface area (Å²) < 4.78 is 47.9. The van der Waals surface area contributed by atoms with Gasteiger partial charge in [-0.15, -0.1) is 0 Å². The highest BCUT2D eigenvalue weighted by Crippen LogP contribution is 2.44. The summed E-state index contributed by atoms with van der Waals surface area (Å²) in [6.45, 7) is -0.854. The number of phenolic OH excluding ortho intramolecular Hbond substituents is 3. The smallest absolute Gasteiger partial charge is 0.397 e. The van der Waals surface area contributed by atoms with Crippen molar-refractivity contribution in [2.24, 2.45) is 0 Å². The van der Waals surface area contributed by atoms with Crippen LogP contribution in [0.5, 0.6) is 17.2 Å². The fourth-order valence-corrected chi connectivity index (χ4v) is 4.43. The van der Waals surface area contributed by atoms with Crippen molar-refractivity contribution in [3.05, 3.63) is 52.2 Å². The quantitative estimate of drug-likeness (QED) is 0.222. The number of aromatic hydroxyl groups is 3. The molecule has 14 heteroatoms. The molecule has 5 atom stereocenters. The molecule has 1 saturated heterocycles. The first-order valence-electron chi connectivity index (χ1n) is 10.0. The second-order valence-corrected chi connectivity index (χ2v) is 8.85. The summed E-state index contributed by atoms with van der Waals surface area (Å²) in [4.78, 5) is 12.9. The Bertz CT molecular complexity index is 1410. The normalized spacial score (nSPS) is 25.1. The lowest BCUT2D eigenvalue weighted by Crippen LogP contribution is -2.56. The maximum absolute atomic E-state index is 12.9. The molecular weight excluding hydrogens is 492 g/mol. The lowest BCUT2D eigenvalue weighted by atomic mass is 9.89. The van der Waals surface area contributed by atoms with E-state index >= 15 is 0 Å². The average molecular weight is 512 g/mol. The van der Waals surface area contributed by atoms with Gasteiger partial charge >= 0.3 is 10.4 Å². The summed E-state index contributed by atoms with van der Waals surface area (Å²) in [5.41, 5.74) is -1.45. The number of phenols is 3. The Kier molecular flexibility index (Phi) is 6.46. The van der Waals surface area contributed by atoms with Crippen molar-refractivity contribution < 1.29 is 56.9 Å². The molecule has 13 nitrogen and oxygen atoms in total. The van der Waals surface area contributed by atoms with Gasteiger partial charge in [-0.05, 0) is 24.3 Å². The van der Waals surface area contributed by atoms with E-state index in [1.807, 2.05) is 0 Å². The predicted molar refractivity (Wildman–Crippen MR) is 116 cm³/mol. The van der Waals surface area contributed by atoms with E-state index < -0.39 is 81.0 Å². The number of hydrogen-bond donors (Lipinski definition) is 7. The number of hydrogen-bond acceptors (Lipinski definition) is 12. The molecule has 188 valence electrons. The van der Waals surface area contributed by atoms with E-state index in [1.165, 1.54) is 24.3 Å². The fraction of sp³-hybridized carbons (Fsp3) is 0.286. The zero-order valence-corrected chi connectivity index (χ0v) is 18.4. The minimum Gasteiger partial charge on any atom is -0.508 e. The molecule has 35 heavy (non-hydrogen) atoms. The first kappa shape index (κ1) is 24.9. The molecule has 7 N–H and O–H groups in total. The van der Waals surface area contributed by atoms with Crippen LogP contribution in [0.4, 0.5) is 0 Å². The van der Waals surface area contributed by atoms with Crippen LogP contribution in [0.3, 0.4) is 0 Å². The van der Waals surface area contributed by atoms with Gasteiger partial charge < -0.3 is 39.8 Å². The molecule has 0 aliphatic carbocycles. The first-order valence-corrected chi connectivity index (χ1v) is 11.4. The van der Waals surface area contributed by atoms with Gasteiger partial charge in [-0.25, -0.2) is 4.18 Å². The van der Waals surface area contributed by atoms with Gasteiger partial charge in [-0.2, -0.15) is 8.42 Å². The van der Waals surface area contributed by atoms with Crippen LogP contribution in [-0.2, 0) is 19.3 Å². The maximum Gasteiger partial charge on any atom is 0.397 e. The fourth-order valence-electron chi connectivity index (χ4n) is 3.94. The van der Waals surface area contributed by atoms with Gasteiger partial charge in [-0.1, -0.05) is 0 Å². The van der Waals surface area contributed by atoms with Crippen molar-refractivity contribution in [3.63, 3.8) is 0 Å². The lowest BCUT2D eigenvalue weighted by Gasteiger charge is -2.41. The molecule has 0 spiro atoms. The second kappa shape index (κ2) is 9.09. The van der Waals surface area contributed by atoms with Crippen molar-refractivity contribution in [2.75, 3.05) is 6.61 Å². The van der Waals surface area contributed by atoms with Gasteiger partial charge in [-0.3, -0.25) is 9.35 Å². The van der Waals surface area contributed by atoms with Crippen molar-refractivity contribution in [2.45, 2.75) is 30.5 Å². The Balaban J connectivity index is 2.00. The van der Waals surface area contributed by atoms with E-state index in [9.17, 15) is 48.4 Å². The number of benzene rings is 2. The zero-order chi connectivity index (χ0) is 25.7. The van der Waals surface area contributed by atoms with Crippen LogP contribution in [0, 0.1) is 0 Å². The largest absolute Gasteiger partial charge is 0.508 e. The lowest BCUT2D eigenvalue weighted by molar-refractivity contribution is -0.225. The molecule has 0 bridgehead atoms. The van der Waals surface area contributed by atoms with Crippen LogP contribution in [0.25, 0.3) is 22.3 Å². The highest BCUT2D eigenvalue weighted by molar-refractivity contribution is 7.80. The Morgan fingerprint density at radius 3 is 2.23 bits per heavy atom. The van der Waals surface area contributed by atoms with Crippen LogP contribution < -0.4 is 5.43 Å². The van der Waals surface area contributed by atoms with Crippen LogP contribution in [-0.4, -0.2) is 74.6 Å². The molecule has 3 aromatic rings. The molecule has 1 aliphatic rings. The summed E-state index contributed by atoms with van der Waals surface area (Å²) >= 11 is 0. The van der Waals surface area contributed by atoms with Crippen molar-refractivity contribution >= 4 is 21.4 Å². The van der Waals surface area contributed by atoms with Gasteiger partial charge in [0.2, 0.25) is 0 Å². The summed E-state index contributed by atoms with van der Waals surface area (Å²) in [6, 6.07) is 7.21. The number of aliphatic hydroxyl groups excluding tert-OH is 3. The Morgan fingerprint density at radius 1 is 0.971 bits per heavy atom. The van der Waals surface area contributed by atoms with Gasteiger partial charge in [0.05, 0.1) is 12.2 Å². The zero-order valence-electron chi connectivity index (χ0n) is 17.5. The number of rotatable bonds is 5. The molecule has 1 fully saturated rings. The number of fused-ring (bicyclic) bond motifs is 1. The Labute approximate surface area is 196 Å². The first-order chi connectivity index (χ1) is 16.4. The predicted octanol–water partition coefficient (Wildman–Crippen LogP) is -0.0812. The van der Waals surface area contributed by atoms with Crippen molar-refractivity contribution in [1.82, 2.24) is 0 Å². The summed E-state index contributed by atoms with van der Waals surface area (Å²) in [5.74, 6) is -1.64. The highest BCUT2D eigenvalue weighted by atomic mass is 32.3. The number of aliphatic hydroxyl groups is 3. The van der Waals surface area contributed by atoms with Crippen molar-refractivity contribution in [1.29, 1.82) is 0 Å². The van der Waals surface area contributed by atoms with Crippen LogP contribution in [0.1, 0.15) is 11.7 Å². The second-order valence-electron chi connectivity index (χ2n) is 7.80. The summed E-state index contributed by atoms with van der Waals surface area (Å²) in [6.07, 6.45) is -9.36. The molecule has 2 heterocycles. The minimum absolute atomic E-state index is 0.0729. The standard InChI is InChI=1S/C21H20O13S/c22-7-14-17(27)18(28)21(34-35(29,30)31)20(33-14)16-11(25)5-10(24)15-12(26)6-13(32-19(15)16)8-1-3-9(23)4-2-8/h1-6,14,17-18,20-25,27-28H,7H2,(H,29,30,31)/t14?,17-,18?,20?,21?/m1/s1. The molecule has 2 aromatic carbocycles. The molecular formula is C21H20O13S. The third-order valence-corrected chi connectivity index (χ3v) is 6.00. The minimum atomic E-state index is -5.24. The number of ether oxygens (including phenoxy) is 1. The molecule has 0 radical (unpaired) electrons. The molecule has 0 saturated carbocycles. The Morgan fingerprint density at radius 2 is 1.63 bits per heavy atom. The van der Waals surface area contributed by atoms with Crippen molar-refractivity contribution in [3.8, 4) is 28.6 Å². The molecule has 1 aliphatic heterocycles. The highest BCUT2D eigenvalue weighted by Gasteiger charge is 2.49. The van der Waals surface area contributed by atoms with E-state index in [-0.39, 0.29) is 11.5 Å². The molecule has 0 amide bonds. The van der Waals surface area contributed by atoms with Crippen LogP contribution in [0.2, 0.25) is 0 Å². The Hall–Kier alpha value is -3.24. The third kappa shape index (κ3) is 4.68. The van der Waals surface area contributed by atoms with Crippen LogP contribution in [0.15, 0.2) is 45.6 Å². The molecule has 4 unspecified atom stereocenters. The summed E-state index contributed by atoms with van der Waals surface area (Å²) in [5, 5.41) is 60.2. The van der Waals surface area contributed by atoms with E-state index in [2.05, 4.69) is 4.18 Å². The monoisotopic (exact) mass is 512 g/mol. The van der Waals surface area contributed by atoms with Crippen LogP contribution >= 0.6 is 0 Å². The van der Waals surface area contributed by atoms with E-state index in [4.69, 9.17) is 9.15 Å². The van der Waals surface area contributed by atoms with E-state index in [0.717, 1.165) is 12.1 Å². The maximum atomic E-state index is 12.9. The topological polar surface area (TPSA) is 224 Å². The van der Waals surface area contributed by atoms with E-state index in [0.29, 0.717) is 5.56 Å². The van der Waals surface area contributed by atoms with Gasteiger partial charge in [0, 0.05) is 17.7 Å². The summed E-state index contributed by atoms with van der Waals surface area (Å²) in [7, 11) is -5.24. The molecule has 1 aromatic heterocycles. The van der Waals surface area contributed by atoms with Gasteiger partial charge in [0.15, 0.2) is 11.0 Å². The third-order valence-electron chi connectivity index (χ3n) is 5.53.